The summed E-state index contributed by atoms with van der Waals surface area (Å²) in [5.74, 6) is 0.587. The summed E-state index contributed by atoms with van der Waals surface area (Å²) in [5, 5.41) is 14.3. The second-order valence-electron chi connectivity index (χ2n) is 6.22. The van der Waals surface area contributed by atoms with E-state index in [1.165, 1.54) is 12.5 Å². The lowest BCUT2D eigenvalue weighted by Crippen LogP contribution is -2.22. The zero-order valence-corrected chi connectivity index (χ0v) is 12.2. The van der Waals surface area contributed by atoms with Crippen LogP contribution in [0.15, 0.2) is 18.2 Å². The van der Waals surface area contributed by atoms with Crippen LogP contribution in [-0.4, -0.2) is 11.0 Å². The largest absolute Gasteiger partial charge is 0.382 e. The predicted molar refractivity (Wildman–Crippen MR) is 77.7 cm³/mol. The van der Waals surface area contributed by atoms with Crippen molar-refractivity contribution in [2.75, 3.05) is 5.32 Å². The smallest absolute Gasteiger partial charge is 0.288 e. The van der Waals surface area contributed by atoms with Crippen LogP contribution in [0.25, 0.3) is 0 Å². The summed E-state index contributed by atoms with van der Waals surface area (Å²) in [6.07, 6.45) is 2.29. The van der Waals surface area contributed by atoms with E-state index in [2.05, 4.69) is 26.1 Å². The fourth-order valence-corrected chi connectivity index (χ4v) is 3.30. The molecule has 2 rings (SSSR count). The lowest BCUT2D eigenvalue weighted by atomic mass is 9.91. The molecule has 2 unspecified atom stereocenters. The molecule has 2 atom stereocenters. The first-order valence-electron chi connectivity index (χ1n) is 6.49. The molecular weight excluding hydrogens is 264 g/mol. The maximum absolute atomic E-state index is 10.7. The molecule has 1 aliphatic carbocycles. The van der Waals surface area contributed by atoms with E-state index >= 15 is 0 Å². The van der Waals surface area contributed by atoms with Crippen molar-refractivity contribution in [2.24, 2.45) is 11.3 Å². The number of nitrogens with one attached hydrogen (secondary N) is 1. The summed E-state index contributed by atoms with van der Waals surface area (Å²) in [7, 11) is 0. The Morgan fingerprint density at radius 3 is 2.58 bits per heavy atom. The van der Waals surface area contributed by atoms with Crippen molar-refractivity contribution in [3.05, 3.63) is 33.3 Å². The summed E-state index contributed by atoms with van der Waals surface area (Å²) in [6.45, 7) is 6.78. The van der Waals surface area contributed by atoms with Crippen LogP contribution in [0, 0.1) is 21.4 Å². The molecule has 0 heterocycles. The first-order chi connectivity index (χ1) is 8.78. The van der Waals surface area contributed by atoms with Gasteiger partial charge in [0.2, 0.25) is 0 Å². The van der Waals surface area contributed by atoms with Gasteiger partial charge in [0.05, 0.1) is 4.92 Å². The number of halogens is 1. The minimum absolute atomic E-state index is 0.0491. The molecule has 4 nitrogen and oxygen atoms in total. The van der Waals surface area contributed by atoms with Gasteiger partial charge in [-0.2, -0.15) is 0 Å². The molecule has 1 aromatic rings. The fourth-order valence-electron chi connectivity index (χ4n) is 3.05. The maximum Gasteiger partial charge on any atom is 0.288 e. The Bertz CT molecular complexity index is 502. The quantitative estimate of drug-likeness (QED) is 0.657. The lowest BCUT2D eigenvalue weighted by molar-refractivity contribution is -0.384. The molecular formula is C14H19ClN2O2. The number of rotatable bonds is 3. The number of nitro groups is 1. The molecule has 0 saturated heterocycles. The van der Waals surface area contributed by atoms with Crippen molar-refractivity contribution >= 4 is 23.0 Å². The Labute approximate surface area is 118 Å². The van der Waals surface area contributed by atoms with E-state index in [4.69, 9.17) is 11.6 Å². The topological polar surface area (TPSA) is 55.2 Å². The molecule has 0 spiro atoms. The average Bonchev–Trinajstić information content (AvgIpc) is 2.51. The van der Waals surface area contributed by atoms with Crippen molar-refractivity contribution < 1.29 is 4.92 Å². The van der Waals surface area contributed by atoms with Gasteiger partial charge >= 0.3 is 0 Å². The van der Waals surface area contributed by atoms with E-state index in [-0.39, 0.29) is 10.7 Å². The normalized spacial score (nSPS) is 25.3. The van der Waals surface area contributed by atoms with Crippen molar-refractivity contribution in [2.45, 2.75) is 39.7 Å². The number of nitro benzene ring substituents is 1. The summed E-state index contributed by atoms with van der Waals surface area (Å²) < 4.78 is 0. The van der Waals surface area contributed by atoms with Gasteiger partial charge in [-0.3, -0.25) is 10.1 Å². The van der Waals surface area contributed by atoms with Gasteiger partial charge < -0.3 is 5.32 Å². The van der Waals surface area contributed by atoms with Gasteiger partial charge in [-0.05, 0) is 36.3 Å². The van der Waals surface area contributed by atoms with E-state index in [0.717, 1.165) is 12.1 Å². The van der Waals surface area contributed by atoms with Gasteiger partial charge in [0.15, 0.2) is 0 Å². The standard InChI is InChI=1S/C14H19ClN2O2/c1-9-7-14(2,3)8-12(9)16-10-4-5-13(17(18)19)11(15)6-10/h4-6,9,12,16H,7-8H2,1-3H3. The number of hydrogen-bond acceptors (Lipinski definition) is 3. The van der Waals surface area contributed by atoms with E-state index < -0.39 is 4.92 Å². The highest BCUT2D eigenvalue weighted by Gasteiger charge is 2.36. The Morgan fingerprint density at radius 1 is 1.42 bits per heavy atom. The third-order valence-electron chi connectivity index (χ3n) is 3.83. The molecule has 104 valence electrons. The van der Waals surface area contributed by atoms with E-state index in [9.17, 15) is 10.1 Å². The maximum atomic E-state index is 10.7. The van der Waals surface area contributed by atoms with Crippen LogP contribution in [0.1, 0.15) is 33.6 Å². The molecule has 19 heavy (non-hydrogen) atoms. The summed E-state index contributed by atoms with van der Waals surface area (Å²) in [6, 6.07) is 5.21. The molecule has 0 bridgehead atoms. The minimum atomic E-state index is -0.465. The van der Waals surface area contributed by atoms with Gasteiger partial charge in [-0.15, -0.1) is 0 Å². The Morgan fingerprint density at radius 2 is 2.11 bits per heavy atom. The lowest BCUT2D eigenvalue weighted by Gasteiger charge is -2.19. The van der Waals surface area contributed by atoms with Crippen LogP contribution < -0.4 is 5.32 Å². The molecule has 1 aromatic carbocycles. The molecule has 0 amide bonds. The number of hydrogen-bond donors (Lipinski definition) is 1. The second kappa shape index (κ2) is 5.00. The van der Waals surface area contributed by atoms with Crippen molar-refractivity contribution in [1.82, 2.24) is 0 Å². The van der Waals surface area contributed by atoms with Crippen LogP contribution in [-0.2, 0) is 0 Å². The molecule has 0 radical (unpaired) electrons. The third-order valence-corrected chi connectivity index (χ3v) is 4.13. The SMILES string of the molecule is CC1CC(C)(C)CC1Nc1ccc([N+](=O)[O-])c(Cl)c1. The zero-order chi connectivity index (χ0) is 14.2. The van der Waals surface area contributed by atoms with Crippen LogP contribution in [0.3, 0.4) is 0 Å². The van der Waals surface area contributed by atoms with Gasteiger partial charge in [-0.1, -0.05) is 32.4 Å². The number of nitrogens with zero attached hydrogens (tertiary/aromatic N) is 1. The predicted octanol–water partition coefficient (Wildman–Crippen LogP) is 4.48. The Kier molecular flexibility index (Phi) is 3.72. The Balaban J connectivity index is 2.12. The van der Waals surface area contributed by atoms with E-state index in [1.807, 2.05) is 0 Å². The van der Waals surface area contributed by atoms with Gasteiger partial charge in [-0.25, -0.2) is 0 Å². The summed E-state index contributed by atoms with van der Waals surface area (Å²) in [5.41, 5.74) is 1.15. The van der Waals surface area contributed by atoms with E-state index in [1.54, 1.807) is 12.1 Å². The zero-order valence-electron chi connectivity index (χ0n) is 11.4. The highest BCUT2D eigenvalue weighted by molar-refractivity contribution is 6.32. The van der Waals surface area contributed by atoms with Crippen LogP contribution in [0.4, 0.5) is 11.4 Å². The molecule has 5 heteroatoms. The highest BCUT2D eigenvalue weighted by Crippen LogP contribution is 2.42. The van der Waals surface area contributed by atoms with Gasteiger partial charge in [0.25, 0.3) is 5.69 Å². The second-order valence-corrected chi connectivity index (χ2v) is 6.63. The molecule has 1 saturated carbocycles. The molecule has 0 aliphatic heterocycles. The first-order valence-corrected chi connectivity index (χ1v) is 6.87. The molecule has 0 aromatic heterocycles. The van der Waals surface area contributed by atoms with Crippen molar-refractivity contribution in [3.63, 3.8) is 0 Å². The van der Waals surface area contributed by atoms with Crippen LogP contribution >= 0.6 is 11.6 Å². The monoisotopic (exact) mass is 282 g/mol. The van der Waals surface area contributed by atoms with Crippen molar-refractivity contribution in [1.29, 1.82) is 0 Å². The summed E-state index contributed by atoms with van der Waals surface area (Å²) in [4.78, 5) is 10.3. The molecule has 1 aliphatic rings. The highest BCUT2D eigenvalue weighted by atomic mass is 35.5. The average molecular weight is 283 g/mol. The minimum Gasteiger partial charge on any atom is -0.382 e. The Hall–Kier alpha value is -1.29. The van der Waals surface area contributed by atoms with Gasteiger partial charge in [0.1, 0.15) is 5.02 Å². The number of anilines is 1. The number of benzene rings is 1. The third kappa shape index (κ3) is 3.18. The van der Waals surface area contributed by atoms with Crippen LogP contribution in [0.5, 0.6) is 0 Å². The molecule has 1 N–H and O–H groups in total. The molecule has 1 fully saturated rings. The van der Waals surface area contributed by atoms with Crippen molar-refractivity contribution in [3.8, 4) is 0 Å². The summed E-state index contributed by atoms with van der Waals surface area (Å²) >= 11 is 5.92. The fraction of sp³-hybridized carbons (Fsp3) is 0.571. The van der Waals surface area contributed by atoms with Crippen LogP contribution in [0.2, 0.25) is 5.02 Å². The van der Waals surface area contributed by atoms with Gasteiger partial charge in [0, 0.05) is 17.8 Å². The van der Waals surface area contributed by atoms with E-state index in [0.29, 0.717) is 17.4 Å². The first kappa shape index (κ1) is 14.1.